The molecule has 1 saturated heterocycles. The third kappa shape index (κ3) is 4.44. The predicted octanol–water partition coefficient (Wildman–Crippen LogP) is 1.27. The molecule has 0 aromatic carbocycles. The van der Waals surface area contributed by atoms with E-state index in [1.807, 2.05) is 6.07 Å². The van der Waals surface area contributed by atoms with Gasteiger partial charge >= 0.3 is 12.1 Å². The zero-order valence-corrected chi connectivity index (χ0v) is 13.0. The highest BCUT2D eigenvalue weighted by Gasteiger charge is 2.24. The van der Waals surface area contributed by atoms with E-state index < -0.39 is 6.09 Å². The number of morpholine rings is 1. The number of nitrogens with zero attached hydrogens (tertiary/aromatic N) is 3. The van der Waals surface area contributed by atoms with Crippen LogP contribution in [0.25, 0.3) is 0 Å². The number of hydrogen-bond donors (Lipinski definition) is 2. The maximum absolute atomic E-state index is 10.7. The first-order chi connectivity index (χ1) is 11.2. The molecule has 3 rings (SSSR count). The van der Waals surface area contributed by atoms with Gasteiger partial charge < -0.3 is 24.8 Å². The van der Waals surface area contributed by atoms with Gasteiger partial charge in [-0.1, -0.05) is 0 Å². The Balaban J connectivity index is 1.53. The fourth-order valence-electron chi connectivity index (χ4n) is 3.01. The first kappa shape index (κ1) is 15.8. The Morgan fingerprint density at radius 3 is 2.74 bits per heavy atom. The Morgan fingerprint density at radius 1 is 1.30 bits per heavy atom. The molecule has 0 spiro atoms. The number of carboxylic acid groups (broad SMARTS) is 1. The summed E-state index contributed by atoms with van der Waals surface area (Å²) in [6, 6.07) is 2.29. The summed E-state index contributed by atoms with van der Waals surface area (Å²) in [5.41, 5.74) is 0. The van der Waals surface area contributed by atoms with E-state index >= 15 is 0 Å². The minimum Gasteiger partial charge on any atom is -0.465 e. The summed E-state index contributed by atoms with van der Waals surface area (Å²) in [6.07, 6.45) is 3.95. The molecule has 1 aliphatic heterocycles. The van der Waals surface area contributed by atoms with Gasteiger partial charge in [-0.25, -0.2) is 9.78 Å². The minimum absolute atomic E-state index is 0.0213. The Kier molecular flexibility index (Phi) is 5.12. The van der Waals surface area contributed by atoms with Crippen molar-refractivity contribution in [2.24, 2.45) is 0 Å². The summed E-state index contributed by atoms with van der Waals surface area (Å²) >= 11 is 0. The maximum Gasteiger partial charge on any atom is 0.404 e. The molecule has 2 aliphatic rings. The SMILES string of the molecule is O=C(O)N[C@H]1CC[C@H](Oc2nccc(N3CCOCC3)n2)CC1. The van der Waals surface area contributed by atoms with Crippen molar-refractivity contribution in [2.75, 3.05) is 31.2 Å². The fourth-order valence-corrected chi connectivity index (χ4v) is 3.01. The van der Waals surface area contributed by atoms with Gasteiger partial charge in [-0.3, -0.25) is 0 Å². The third-order valence-corrected chi connectivity index (χ3v) is 4.23. The van der Waals surface area contributed by atoms with Crippen molar-refractivity contribution < 1.29 is 19.4 Å². The number of rotatable bonds is 4. The highest BCUT2D eigenvalue weighted by molar-refractivity contribution is 5.64. The van der Waals surface area contributed by atoms with Gasteiger partial charge in [0.15, 0.2) is 0 Å². The Labute approximate surface area is 134 Å². The van der Waals surface area contributed by atoms with Crippen LogP contribution in [-0.4, -0.2) is 59.6 Å². The number of nitrogens with one attached hydrogen (secondary N) is 1. The largest absolute Gasteiger partial charge is 0.465 e. The van der Waals surface area contributed by atoms with Crippen molar-refractivity contribution in [1.82, 2.24) is 15.3 Å². The maximum atomic E-state index is 10.7. The number of carbonyl (C=O) groups is 1. The summed E-state index contributed by atoms with van der Waals surface area (Å²) in [5.74, 6) is 0.861. The van der Waals surface area contributed by atoms with E-state index in [-0.39, 0.29) is 12.1 Å². The van der Waals surface area contributed by atoms with E-state index in [9.17, 15) is 4.79 Å². The molecule has 8 nitrogen and oxygen atoms in total. The van der Waals surface area contributed by atoms with E-state index in [4.69, 9.17) is 14.6 Å². The van der Waals surface area contributed by atoms with Crippen LogP contribution < -0.4 is 15.0 Å². The van der Waals surface area contributed by atoms with Crippen LogP contribution in [-0.2, 0) is 4.74 Å². The van der Waals surface area contributed by atoms with Gasteiger partial charge in [0.25, 0.3) is 0 Å². The van der Waals surface area contributed by atoms with Crippen LogP contribution in [0.2, 0.25) is 0 Å². The van der Waals surface area contributed by atoms with E-state index in [2.05, 4.69) is 20.2 Å². The van der Waals surface area contributed by atoms with Crippen molar-refractivity contribution in [2.45, 2.75) is 37.8 Å². The average molecular weight is 322 g/mol. The van der Waals surface area contributed by atoms with E-state index in [0.717, 1.165) is 44.6 Å². The average Bonchev–Trinajstić information content (AvgIpc) is 2.57. The van der Waals surface area contributed by atoms with Crippen molar-refractivity contribution in [1.29, 1.82) is 0 Å². The summed E-state index contributed by atoms with van der Waals surface area (Å²) in [5, 5.41) is 11.3. The fraction of sp³-hybridized carbons (Fsp3) is 0.667. The predicted molar refractivity (Wildman–Crippen MR) is 82.9 cm³/mol. The number of ether oxygens (including phenoxy) is 2. The molecule has 23 heavy (non-hydrogen) atoms. The molecule has 1 aromatic heterocycles. The number of hydrogen-bond acceptors (Lipinski definition) is 6. The molecular formula is C15H22N4O4. The molecule has 2 fully saturated rings. The smallest absolute Gasteiger partial charge is 0.404 e. The molecule has 1 aliphatic carbocycles. The zero-order chi connectivity index (χ0) is 16.1. The van der Waals surface area contributed by atoms with Gasteiger partial charge in [0.05, 0.1) is 13.2 Å². The molecule has 126 valence electrons. The van der Waals surface area contributed by atoms with Crippen LogP contribution in [0.4, 0.5) is 10.6 Å². The Bertz CT molecular complexity index is 528. The van der Waals surface area contributed by atoms with E-state index in [1.165, 1.54) is 0 Å². The normalized spacial score (nSPS) is 25.0. The molecule has 1 saturated carbocycles. The lowest BCUT2D eigenvalue weighted by Gasteiger charge is -2.29. The molecule has 2 N–H and O–H groups in total. The zero-order valence-electron chi connectivity index (χ0n) is 13.0. The molecule has 0 radical (unpaired) electrons. The van der Waals surface area contributed by atoms with Crippen molar-refractivity contribution in [3.8, 4) is 6.01 Å². The lowest BCUT2D eigenvalue weighted by atomic mass is 9.93. The molecular weight excluding hydrogens is 300 g/mol. The van der Waals surface area contributed by atoms with Crippen molar-refractivity contribution in [3.63, 3.8) is 0 Å². The van der Waals surface area contributed by atoms with Gasteiger partial charge in [0.2, 0.25) is 0 Å². The molecule has 0 bridgehead atoms. The molecule has 1 aromatic rings. The Morgan fingerprint density at radius 2 is 2.04 bits per heavy atom. The van der Waals surface area contributed by atoms with Gasteiger partial charge in [-0.05, 0) is 31.7 Å². The molecule has 0 atom stereocenters. The van der Waals surface area contributed by atoms with Crippen molar-refractivity contribution >= 4 is 11.9 Å². The topological polar surface area (TPSA) is 96.8 Å². The summed E-state index contributed by atoms with van der Waals surface area (Å²) < 4.78 is 11.2. The third-order valence-electron chi connectivity index (χ3n) is 4.23. The lowest BCUT2D eigenvalue weighted by Crippen LogP contribution is -2.39. The summed E-state index contributed by atoms with van der Waals surface area (Å²) in [7, 11) is 0. The summed E-state index contributed by atoms with van der Waals surface area (Å²) in [4.78, 5) is 21.5. The number of anilines is 1. The van der Waals surface area contributed by atoms with Gasteiger partial charge in [0, 0.05) is 25.3 Å². The minimum atomic E-state index is -0.962. The van der Waals surface area contributed by atoms with Crippen LogP contribution >= 0.6 is 0 Å². The second kappa shape index (κ2) is 7.45. The Hall–Kier alpha value is -2.09. The van der Waals surface area contributed by atoms with Crippen LogP contribution in [0, 0.1) is 0 Å². The second-order valence-corrected chi connectivity index (χ2v) is 5.84. The van der Waals surface area contributed by atoms with Gasteiger partial charge in [0.1, 0.15) is 11.9 Å². The molecule has 2 heterocycles. The van der Waals surface area contributed by atoms with Crippen LogP contribution in [0.5, 0.6) is 6.01 Å². The number of amides is 1. The highest BCUT2D eigenvalue weighted by atomic mass is 16.5. The molecule has 1 amide bonds. The quantitative estimate of drug-likeness (QED) is 0.861. The lowest BCUT2D eigenvalue weighted by molar-refractivity contribution is 0.120. The van der Waals surface area contributed by atoms with Crippen LogP contribution in [0.3, 0.4) is 0 Å². The first-order valence-corrected chi connectivity index (χ1v) is 8.02. The van der Waals surface area contributed by atoms with E-state index in [1.54, 1.807) is 6.20 Å². The van der Waals surface area contributed by atoms with Crippen LogP contribution in [0.15, 0.2) is 12.3 Å². The number of aromatic nitrogens is 2. The van der Waals surface area contributed by atoms with Gasteiger partial charge in [-0.2, -0.15) is 4.98 Å². The summed E-state index contributed by atoms with van der Waals surface area (Å²) in [6.45, 7) is 3.06. The standard InChI is InChI=1S/C15H22N4O4/c20-15(21)17-11-1-3-12(4-2-11)23-14-16-6-5-13(18-14)19-7-9-22-10-8-19/h5-6,11-12,17H,1-4,7-10H2,(H,20,21)/t11-,12-. The second-order valence-electron chi connectivity index (χ2n) is 5.84. The highest BCUT2D eigenvalue weighted by Crippen LogP contribution is 2.23. The van der Waals surface area contributed by atoms with E-state index in [0.29, 0.717) is 19.2 Å². The molecule has 8 heteroatoms. The first-order valence-electron chi connectivity index (χ1n) is 8.02. The van der Waals surface area contributed by atoms with Gasteiger partial charge in [-0.15, -0.1) is 0 Å². The van der Waals surface area contributed by atoms with Crippen molar-refractivity contribution in [3.05, 3.63) is 12.3 Å². The molecule has 0 unspecified atom stereocenters. The monoisotopic (exact) mass is 322 g/mol. The van der Waals surface area contributed by atoms with Crippen LogP contribution in [0.1, 0.15) is 25.7 Å².